The maximum Gasteiger partial charge on any atom is 0.410 e. The number of amides is 3. The molecule has 8 nitrogen and oxygen atoms in total. The van der Waals surface area contributed by atoms with Crippen LogP contribution < -0.4 is 0 Å². The predicted octanol–water partition coefficient (Wildman–Crippen LogP) is 3.17. The first-order valence-corrected chi connectivity index (χ1v) is 10.3. The van der Waals surface area contributed by atoms with Gasteiger partial charge in [-0.05, 0) is 51.7 Å². The zero-order valence-electron chi connectivity index (χ0n) is 17.5. The molecule has 2 atom stereocenters. The van der Waals surface area contributed by atoms with Crippen molar-refractivity contribution in [2.75, 3.05) is 13.1 Å². The SMILES string of the molecule is CC(C)(C)OC(=O)N1C[C@H]2CCCC[C@@]2(C(=O)ON2C(=O)c3ccccc3C2=O)C1. The largest absolute Gasteiger partial charge is 0.444 e. The number of hydroxylamine groups is 2. The Balaban J connectivity index is 1.54. The van der Waals surface area contributed by atoms with Crippen LogP contribution in [0, 0.1) is 11.3 Å². The van der Waals surface area contributed by atoms with Crippen LogP contribution in [0.3, 0.4) is 0 Å². The molecule has 1 aliphatic carbocycles. The van der Waals surface area contributed by atoms with Crippen molar-refractivity contribution in [2.24, 2.45) is 11.3 Å². The molecule has 2 aliphatic heterocycles. The van der Waals surface area contributed by atoms with Gasteiger partial charge in [0.1, 0.15) is 5.60 Å². The van der Waals surface area contributed by atoms with Gasteiger partial charge in [0.2, 0.25) is 0 Å². The van der Waals surface area contributed by atoms with Crippen molar-refractivity contribution in [2.45, 2.75) is 52.1 Å². The molecule has 2 heterocycles. The number of fused-ring (bicyclic) bond motifs is 2. The molecule has 160 valence electrons. The highest BCUT2D eigenvalue weighted by Crippen LogP contribution is 2.48. The maximum absolute atomic E-state index is 13.3. The summed E-state index contributed by atoms with van der Waals surface area (Å²) in [5, 5.41) is 0.559. The van der Waals surface area contributed by atoms with Gasteiger partial charge in [0.05, 0.1) is 16.5 Å². The molecule has 0 unspecified atom stereocenters. The minimum Gasteiger partial charge on any atom is -0.444 e. The van der Waals surface area contributed by atoms with Gasteiger partial charge in [0, 0.05) is 13.1 Å². The first-order chi connectivity index (χ1) is 14.1. The van der Waals surface area contributed by atoms with Crippen molar-refractivity contribution < 1.29 is 28.8 Å². The third kappa shape index (κ3) is 3.34. The Morgan fingerprint density at radius 2 is 1.70 bits per heavy atom. The summed E-state index contributed by atoms with van der Waals surface area (Å²) in [7, 11) is 0. The zero-order chi connectivity index (χ0) is 21.7. The van der Waals surface area contributed by atoms with E-state index in [1.165, 1.54) is 12.1 Å². The molecule has 0 N–H and O–H groups in total. The number of hydrogen-bond acceptors (Lipinski definition) is 6. The summed E-state index contributed by atoms with van der Waals surface area (Å²) < 4.78 is 5.48. The van der Waals surface area contributed by atoms with E-state index in [9.17, 15) is 19.2 Å². The molecule has 2 fully saturated rings. The molecule has 1 saturated heterocycles. The normalized spacial score (nSPS) is 25.8. The van der Waals surface area contributed by atoms with Crippen molar-refractivity contribution in [1.82, 2.24) is 9.96 Å². The number of hydrogen-bond donors (Lipinski definition) is 0. The Morgan fingerprint density at radius 1 is 1.07 bits per heavy atom. The third-order valence-electron chi connectivity index (χ3n) is 6.11. The molecule has 0 radical (unpaired) electrons. The van der Waals surface area contributed by atoms with Crippen molar-refractivity contribution in [1.29, 1.82) is 0 Å². The number of ether oxygens (including phenoxy) is 1. The van der Waals surface area contributed by atoms with Crippen molar-refractivity contribution in [3.63, 3.8) is 0 Å². The van der Waals surface area contributed by atoms with Gasteiger partial charge >= 0.3 is 12.1 Å². The van der Waals surface area contributed by atoms with E-state index in [0.29, 0.717) is 18.0 Å². The molecule has 1 aromatic carbocycles. The summed E-state index contributed by atoms with van der Waals surface area (Å²) >= 11 is 0. The summed E-state index contributed by atoms with van der Waals surface area (Å²) in [5.41, 5.74) is -1.15. The molecule has 0 bridgehead atoms. The number of rotatable bonds is 2. The predicted molar refractivity (Wildman–Crippen MR) is 105 cm³/mol. The topological polar surface area (TPSA) is 93.2 Å². The lowest BCUT2D eigenvalue weighted by Crippen LogP contribution is -2.46. The smallest absolute Gasteiger partial charge is 0.410 e. The second kappa shape index (κ2) is 7.11. The minimum atomic E-state index is -0.940. The number of carbonyl (C=O) groups excluding carboxylic acids is 4. The van der Waals surface area contributed by atoms with Gasteiger partial charge in [0.25, 0.3) is 11.8 Å². The van der Waals surface area contributed by atoms with Crippen LogP contribution in [0.4, 0.5) is 4.79 Å². The standard InChI is InChI=1S/C22H26N2O6/c1-21(2,3)29-20(28)23-12-14-8-6-7-11-22(14,13-23)19(27)30-24-17(25)15-9-4-5-10-16(15)18(24)26/h4-5,9-10,14H,6-8,11-13H2,1-3H3/t14-,22-/m1/s1. The van der Waals surface area contributed by atoms with Crippen LogP contribution in [0.1, 0.15) is 67.2 Å². The van der Waals surface area contributed by atoms with Gasteiger partial charge in [-0.3, -0.25) is 9.59 Å². The van der Waals surface area contributed by atoms with E-state index < -0.39 is 34.9 Å². The van der Waals surface area contributed by atoms with Crippen molar-refractivity contribution in [3.05, 3.63) is 35.4 Å². The zero-order valence-corrected chi connectivity index (χ0v) is 17.5. The first kappa shape index (κ1) is 20.4. The Hall–Kier alpha value is -2.90. The fraction of sp³-hybridized carbons (Fsp3) is 0.545. The van der Waals surface area contributed by atoms with Crippen LogP contribution >= 0.6 is 0 Å². The van der Waals surface area contributed by atoms with Gasteiger partial charge in [0.15, 0.2) is 0 Å². The van der Waals surface area contributed by atoms with Gasteiger partial charge in [-0.25, -0.2) is 9.59 Å². The van der Waals surface area contributed by atoms with Gasteiger partial charge in [-0.1, -0.05) is 30.0 Å². The molecule has 1 aromatic rings. The number of nitrogens with zero attached hydrogens (tertiary/aromatic N) is 2. The van der Waals surface area contributed by atoms with Crippen LogP contribution in [-0.4, -0.2) is 52.5 Å². The molecule has 8 heteroatoms. The van der Waals surface area contributed by atoms with Crippen LogP contribution in [0.15, 0.2) is 24.3 Å². The summed E-state index contributed by atoms with van der Waals surface area (Å²) in [5.74, 6) is -2.02. The number of benzene rings is 1. The Kier molecular flexibility index (Phi) is 4.83. The summed E-state index contributed by atoms with van der Waals surface area (Å²) in [6.07, 6.45) is 2.62. The number of likely N-dealkylation sites (tertiary alicyclic amines) is 1. The molecule has 3 aliphatic rings. The summed E-state index contributed by atoms with van der Waals surface area (Å²) in [6, 6.07) is 6.37. The lowest BCUT2D eigenvalue weighted by Gasteiger charge is -2.36. The quantitative estimate of drug-likeness (QED) is 0.690. The Labute approximate surface area is 175 Å². The molecular formula is C22H26N2O6. The average Bonchev–Trinajstić information content (AvgIpc) is 3.20. The second-order valence-electron chi connectivity index (χ2n) is 9.29. The minimum absolute atomic E-state index is 0.0959. The molecule has 1 saturated carbocycles. The third-order valence-corrected chi connectivity index (χ3v) is 6.11. The molecular weight excluding hydrogens is 388 g/mol. The highest BCUT2D eigenvalue weighted by Gasteiger charge is 2.57. The van der Waals surface area contributed by atoms with E-state index in [0.717, 1.165) is 19.3 Å². The maximum atomic E-state index is 13.3. The van der Waals surface area contributed by atoms with Crippen molar-refractivity contribution >= 4 is 23.9 Å². The molecule has 0 spiro atoms. The van der Waals surface area contributed by atoms with Crippen LogP contribution in [0.5, 0.6) is 0 Å². The Morgan fingerprint density at radius 3 is 2.30 bits per heavy atom. The van der Waals surface area contributed by atoms with Crippen LogP contribution in [0.25, 0.3) is 0 Å². The van der Waals surface area contributed by atoms with E-state index >= 15 is 0 Å². The Bertz CT molecular complexity index is 885. The average molecular weight is 414 g/mol. The van der Waals surface area contributed by atoms with E-state index in [1.807, 2.05) is 0 Å². The highest BCUT2D eigenvalue weighted by molar-refractivity contribution is 6.20. The number of imide groups is 1. The fourth-order valence-corrected chi connectivity index (χ4v) is 4.68. The van der Waals surface area contributed by atoms with E-state index in [-0.39, 0.29) is 23.6 Å². The molecule has 0 aromatic heterocycles. The van der Waals surface area contributed by atoms with Gasteiger partial charge in [-0.15, -0.1) is 0 Å². The molecule has 30 heavy (non-hydrogen) atoms. The van der Waals surface area contributed by atoms with Crippen LogP contribution in [-0.2, 0) is 14.4 Å². The fourth-order valence-electron chi connectivity index (χ4n) is 4.68. The number of carbonyl (C=O) groups is 4. The van der Waals surface area contributed by atoms with Crippen molar-refractivity contribution in [3.8, 4) is 0 Å². The van der Waals surface area contributed by atoms with E-state index in [4.69, 9.17) is 9.57 Å². The van der Waals surface area contributed by atoms with Gasteiger partial charge in [-0.2, -0.15) is 0 Å². The summed E-state index contributed by atoms with van der Waals surface area (Å²) in [4.78, 5) is 58.0. The lowest BCUT2D eigenvalue weighted by atomic mass is 9.68. The van der Waals surface area contributed by atoms with E-state index in [1.54, 1.807) is 37.8 Å². The highest BCUT2D eigenvalue weighted by atomic mass is 16.7. The molecule has 4 rings (SSSR count). The van der Waals surface area contributed by atoms with Gasteiger partial charge < -0.3 is 14.5 Å². The lowest BCUT2D eigenvalue weighted by molar-refractivity contribution is -0.185. The first-order valence-electron chi connectivity index (χ1n) is 10.3. The monoisotopic (exact) mass is 414 g/mol. The summed E-state index contributed by atoms with van der Waals surface area (Å²) in [6.45, 7) is 5.93. The van der Waals surface area contributed by atoms with E-state index in [2.05, 4.69) is 0 Å². The molecule has 3 amide bonds. The van der Waals surface area contributed by atoms with Crippen LogP contribution in [0.2, 0.25) is 0 Å². The second-order valence-corrected chi connectivity index (χ2v) is 9.29.